The number of aliphatic imine (C=N–C) groups is 1. The van der Waals surface area contributed by atoms with E-state index in [2.05, 4.69) is 4.99 Å². The summed E-state index contributed by atoms with van der Waals surface area (Å²) in [5.41, 5.74) is 5.40. The molecule has 1 rings (SSSR count). The third-order valence-electron chi connectivity index (χ3n) is 2.85. The zero-order chi connectivity index (χ0) is 15.2. The van der Waals surface area contributed by atoms with Crippen molar-refractivity contribution in [1.29, 1.82) is 0 Å². The van der Waals surface area contributed by atoms with Gasteiger partial charge in [0.05, 0.1) is 0 Å². The number of piperazine rings is 1. The number of carbonyl (C=O) groups excluding carboxylic acids is 1. The Bertz CT molecular complexity index is 344. The summed E-state index contributed by atoms with van der Waals surface area (Å²) in [4.78, 5) is 19.7. The highest BCUT2D eigenvalue weighted by Crippen LogP contribution is 2.11. The molecule has 1 fully saturated rings. The van der Waals surface area contributed by atoms with Gasteiger partial charge in [-0.2, -0.15) is 0 Å². The third kappa shape index (κ3) is 5.64. The molecule has 0 aromatic heterocycles. The minimum atomic E-state index is -0.473. The van der Waals surface area contributed by atoms with Gasteiger partial charge in [0.25, 0.3) is 0 Å². The molecule has 1 aliphatic heterocycles. The number of hydrogen-bond acceptors (Lipinski definition) is 4. The topological polar surface area (TPSA) is 91.4 Å². The van der Waals surface area contributed by atoms with Crippen LogP contribution in [0.4, 0.5) is 4.79 Å². The second-order valence-electron chi connectivity index (χ2n) is 5.77. The Morgan fingerprint density at radius 3 is 2.30 bits per heavy atom. The fraction of sp³-hybridized carbons (Fsp3) is 0.846. The average Bonchev–Trinajstić information content (AvgIpc) is 2.37. The summed E-state index contributed by atoms with van der Waals surface area (Å²) >= 11 is 0. The molecule has 0 aromatic carbocycles. The van der Waals surface area contributed by atoms with Crippen molar-refractivity contribution in [2.75, 3.05) is 39.3 Å². The molecular weight excluding hydrogens is 260 g/mol. The standard InChI is InChI=1S/C13H26N4O3/c1-13(2,3)20-12(19)17-8-6-16(7-9-17)11(14)15-5-4-10-18/h18H,4-10H2,1-3H3,(H2,14,15). The normalized spacial score (nSPS) is 17.3. The van der Waals surface area contributed by atoms with E-state index in [1.54, 1.807) is 4.90 Å². The highest BCUT2D eigenvalue weighted by Gasteiger charge is 2.26. The Balaban J connectivity index is 2.39. The lowest BCUT2D eigenvalue weighted by atomic mass is 10.2. The van der Waals surface area contributed by atoms with Gasteiger partial charge in [-0.25, -0.2) is 4.79 Å². The molecule has 116 valence electrons. The molecule has 0 spiro atoms. The lowest BCUT2D eigenvalue weighted by Gasteiger charge is -2.36. The molecule has 0 radical (unpaired) electrons. The quantitative estimate of drug-likeness (QED) is 0.440. The van der Waals surface area contributed by atoms with Gasteiger partial charge < -0.3 is 25.4 Å². The minimum absolute atomic E-state index is 0.114. The maximum Gasteiger partial charge on any atom is 0.410 e. The number of rotatable bonds is 3. The van der Waals surface area contributed by atoms with Crippen LogP contribution in [0.5, 0.6) is 0 Å². The average molecular weight is 286 g/mol. The fourth-order valence-electron chi connectivity index (χ4n) is 1.81. The van der Waals surface area contributed by atoms with Gasteiger partial charge in [-0.15, -0.1) is 0 Å². The number of amides is 1. The van der Waals surface area contributed by atoms with E-state index >= 15 is 0 Å². The zero-order valence-corrected chi connectivity index (χ0v) is 12.6. The van der Waals surface area contributed by atoms with E-state index in [1.807, 2.05) is 25.7 Å². The van der Waals surface area contributed by atoms with Gasteiger partial charge in [0.15, 0.2) is 5.96 Å². The van der Waals surface area contributed by atoms with Gasteiger partial charge >= 0.3 is 6.09 Å². The summed E-state index contributed by atoms with van der Waals surface area (Å²) in [6, 6.07) is 0. The molecule has 0 atom stereocenters. The molecule has 1 saturated heterocycles. The smallest absolute Gasteiger partial charge is 0.410 e. The molecule has 7 heteroatoms. The minimum Gasteiger partial charge on any atom is -0.444 e. The first-order valence-electron chi connectivity index (χ1n) is 6.97. The molecule has 1 aliphatic rings. The molecule has 1 heterocycles. The van der Waals surface area contributed by atoms with E-state index in [9.17, 15) is 4.79 Å². The van der Waals surface area contributed by atoms with Crippen LogP contribution in [0.2, 0.25) is 0 Å². The van der Waals surface area contributed by atoms with Crippen LogP contribution in [0, 0.1) is 0 Å². The van der Waals surface area contributed by atoms with Crippen LogP contribution in [0.25, 0.3) is 0 Å². The first kappa shape index (κ1) is 16.6. The lowest BCUT2D eigenvalue weighted by Crippen LogP contribution is -2.53. The van der Waals surface area contributed by atoms with Gasteiger partial charge in [0.2, 0.25) is 0 Å². The van der Waals surface area contributed by atoms with Crippen LogP contribution >= 0.6 is 0 Å². The molecule has 7 nitrogen and oxygen atoms in total. The van der Waals surface area contributed by atoms with Crippen molar-refractivity contribution < 1.29 is 14.6 Å². The Hall–Kier alpha value is -1.50. The second-order valence-corrected chi connectivity index (χ2v) is 5.77. The van der Waals surface area contributed by atoms with Crippen LogP contribution in [0.3, 0.4) is 0 Å². The number of aliphatic hydroxyl groups is 1. The highest BCUT2D eigenvalue weighted by molar-refractivity contribution is 5.78. The predicted molar refractivity (Wildman–Crippen MR) is 77.6 cm³/mol. The van der Waals surface area contributed by atoms with Gasteiger partial charge in [0, 0.05) is 39.3 Å². The maximum absolute atomic E-state index is 11.9. The summed E-state index contributed by atoms with van der Waals surface area (Å²) in [6.07, 6.45) is 0.325. The number of aliphatic hydroxyl groups excluding tert-OH is 1. The van der Waals surface area contributed by atoms with Crippen molar-refractivity contribution in [2.45, 2.75) is 32.8 Å². The van der Waals surface area contributed by atoms with Crippen LogP contribution < -0.4 is 5.73 Å². The molecule has 20 heavy (non-hydrogen) atoms. The van der Waals surface area contributed by atoms with E-state index < -0.39 is 5.60 Å². The van der Waals surface area contributed by atoms with Gasteiger partial charge in [-0.1, -0.05) is 0 Å². The molecule has 0 aromatic rings. The number of guanidine groups is 1. The monoisotopic (exact) mass is 286 g/mol. The first-order chi connectivity index (χ1) is 9.33. The summed E-state index contributed by atoms with van der Waals surface area (Å²) in [5, 5.41) is 8.70. The summed E-state index contributed by atoms with van der Waals surface area (Å²) < 4.78 is 5.33. The largest absolute Gasteiger partial charge is 0.444 e. The first-order valence-corrected chi connectivity index (χ1v) is 6.97. The molecule has 1 amide bonds. The maximum atomic E-state index is 11.9. The summed E-state index contributed by atoms with van der Waals surface area (Å²) in [7, 11) is 0. The second kappa shape index (κ2) is 7.33. The lowest BCUT2D eigenvalue weighted by molar-refractivity contribution is 0.0186. The Kier molecular flexibility index (Phi) is 6.06. The molecular formula is C13H26N4O3. The van der Waals surface area contributed by atoms with Crippen LogP contribution in [0.15, 0.2) is 4.99 Å². The Morgan fingerprint density at radius 1 is 1.25 bits per heavy atom. The SMILES string of the molecule is CC(C)(C)OC(=O)N1CCN(C(N)=NCCCO)CC1. The molecule has 0 aliphatic carbocycles. The number of ether oxygens (including phenoxy) is 1. The number of nitrogens with two attached hydrogens (primary N) is 1. The number of nitrogens with zero attached hydrogens (tertiary/aromatic N) is 3. The van der Waals surface area contributed by atoms with Crippen molar-refractivity contribution >= 4 is 12.1 Å². The molecule has 0 unspecified atom stereocenters. The number of hydrogen-bond donors (Lipinski definition) is 2. The van der Waals surface area contributed by atoms with Crippen molar-refractivity contribution in [3.05, 3.63) is 0 Å². The summed E-state index contributed by atoms with van der Waals surface area (Å²) in [6.45, 7) is 8.64. The highest BCUT2D eigenvalue weighted by atomic mass is 16.6. The Labute approximate surface area is 120 Å². The number of carbonyl (C=O) groups is 1. The Morgan fingerprint density at radius 2 is 1.80 bits per heavy atom. The van der Waals surface area contributed by atoms with E-state index in [0.29, 0.717) is 45.1 Å². The van der Waals surface area contributed by atoms with Crippen LogP contribution in [0.1, 0.15) is 27.2 Å². The van der Waals surface area contributed by atoms with E-state index in [1.165, 1.54) is 0 Å². The van der Waals surface area contributed by atoms with Crippen LogP contribution in [-0.4, -0.2) is 71.9 Å². The molecule has 0 bridgehead atoms. The molecule has 3 N–H and O–H groups in total. The van der Waals surface area contributed by atoms with Crippen molar-refractivity contribution in [3.8, 4) is 0 Å². The van der Waals surface area contributed by atoms with Gasteiger partial charge in [-0.05, 0) is 27.2 Å². The molecule has 0 saturated carbocycles. The summed E-state index contributed by atoms with van der Waals surface area (Å²) in [5.74, 6) is 0.474. The zero-order valence-electron chi connectivity index (χ0n) is 12.6. The van der Waals surface area contributed by atoms with E-state index in [0.717, 1.165) is 0 Å². The van der Waals surface area contributed by atoms with Crippen molar-refractivity contribution in [1.82, 2.24) is 9.80 Å². The predicted octanol–water partition coefficient (Wildman–Crippen LogP) is 0.236. The van der Waals surface area contributed by atoms with Crippen LogP contribution in [-0.2, 0) is 4.74 Å². The third-order valence-corrected chi connectivity index (χ3v) is 2.85. The van der Waals surface area contributed by atoms with E-state index in [-0.39, 0.29) is 12.7 Å². The van der Waals surface area contributed by atoms with Crippen molar-refractivity contribution in [3.63, 3.8) is 0 Å². The van der Waals surface area contributed by atoms with E-state index in [4.69, 9.17) is 15.6 Å². The van der Waals surface area contributed by atoms with Gasteiger partial charge in [0.1, 0.15) is 5.60 Å². The fourth-order valence-corrected chi connectivity index (χ4v) is 1.81. The van der Waals surface area contributed by atoms with Crippen molar-refractivity contribution in [2.24, 2.45) is 10.7 Å². The van der Waals surface area contributed by atoms with Gasteiger partial charge in [-0.3, -0.25) is 4.99 Å².